The number of carbonyl (C=O) groups excluding carboxylic acids is 1. The van der Waals surface area contributed by atoms with Crippen LogP contribution < -0.4 is 21.7 Å². The third-order valence-corrected chi connectivity index (χ3v) is 4.37. The lowest BCUT2D eigenvalue weighted by Crippen LogP contribution is -2.30. The lowest BCUT2D eigenvalue weighted by Gasteiger charge is -2.29. The number of β-amino-alcohol motifs (C(OH)–C–C–N with tert-alkyl or cyclic N) is 1. The largest absolute Gasteiger partial charge is 0.392 e. The van der Waals surface area contributed by atoms with Crippen LogP contribution in [0.15, 0.2) is 28.3 Å². The molecule has 1 aromatic carbocycles. The summed E-state index contributed by atoms with van der Waals surface area (Å²) in [5.41, 5.74) is 13.9. The highest BCUT2D eigenvalue weighted by atomic mass is 16.3. The Morgan fingerprint density at radius 1 is 1.35 bits per heavy atom. The van der Waals surface area contributed by atoms with Crippen molar-refractivity contribution in [3.63, 3.8) is 0 Å². The lowest BCUT2D eigenvalue weighted by molar-refractivity contribution is -0.532. The van der Waals surface area contributed by atoms with Gasteiger partial charge in [0.25, 0.3) is 0 Å². The van der Waals surface area contributed by atoms with Crippen molar-refractivity contribution in [1.29, 1.82) is 0 Å². The standard InChI is InChI=1S/C17H23N7O2/c18-16-15(11-20-24(16)8-9-25)21-13-5-4-12(10-14(13)22-17(19)26)23-6-2-1-3-7-23/h4-5,10-11,25H,1-3,6-9H2,(H4,18,19,20,22,26)/p+1. The van der Waals surface area contributed by atoms with Crippen LogP contribution in [0, 0.1) is 0 Å². The Labute approximate surface area is 151 Å². The number of hydrogen-bond donors (Lipinski definition) is 4. The van der Waals surface area contributed by atoms with Crippen molar-refractivity contribution in [1.82, 2.24) is 0 Å². The van der Waals surface area contributed by atoms with Gasteiger partial charge in [0.2, 0.25) is 0 Å². The Bertz CT molecular complexity index is 779. The molecular formula is C17H24N7O2+. The van der Waals surface area contributed by atoms with Gasteiger partial charge in [-0.25, -0.2) is 9.79 Å². The fourth-order valence-electron chi connectivity index (χ4n) is 3.08. The molecule has 1 saturated heterocycles. The van der Waals surface area contributed by atoms with E-state index in [4.69, 9.17) is 16.6 Å². The number of aliphatic imine (C=N–C) groups is 1. The summed E-state index contributed by atoms with van der Waals surface area (Å²) < 4.78 is 1.47. The van der Waals surface area contributed by atoms with E-state index in [1.54, 1.807) is 0 Å². The van der Waals surface area contributed by atoms with Gasteiger partial charge in [0, 0.05) is 18.8 Å². The zero-order valence-electron chi connectivity index (χ0n) is 14.6. The Morgan fingerprint density at radius 2 is 2.12 bits per heavy atom. The number of hydrogen-bond acceptors (Lipinski definition) is 6. The maximum Gasteiger partial charge on any atom is 0.321 e. The zero-order chi connectivity index (χ0) is 18.5. The van der Waals surface area contributed by atoms with Crippen LogP contribution in [0.1, 0.15) is 19.3 Å². The summed E-state index contributed by atoms with van der Waals surface area (Å²) in [5, 5.41) is 15.8. The van der Waals surface area contributed by atoms with Crippen LogP contribution in [0.2, 0.25) is 0 Å². The quantitative estimate of drug-likeness (QED) is 0.574. The van der Waals surface area contributed by atoms with E-state index in [9.17, 15) is 4.79 Å². The molecule has 0 unspecified atom stereocenters. The number of aliphatic hydroxyl groups is 1. The first-order valence-electron chi connectivity index (χ1n) is 8.68. The number of carbonyl (C=O) groups is 1. The lowest BCUT2D eigenvalue weighted by atomic mass is 10.1. The molecule has 9 heteroatoms. The number of benzene rings is 1. The summed E-state index contributed by atoms with van der Waals surface area (Å²) in [6.07, 6.45) is 5.08. The fraction of sp³-hybridized carbons (Fsp3) is 0.412. The highest BCUT2D eigenvalue weighted by Gasteiger charge is 2.22. The number of aliphatic hydroxyl groups excluding tert-OH is 1. The smallest absolute Gasteiger partial charge is 0.321 e. The van der Waals surface area contributed by atoms with E-state index >= 15 is 0 Å². The average molecular weight is 358 g/mol. The Hall–Kier alpha value is -2.94. The van der Waals surface area contributed by atoms with Crippen molar-refractivity contribution in [2.75, 3.05) is 36.5 Å². The number of hydrazone groups is 1. The topological polar surface area (TPSA) is 132 Å². The molecule has 0 aliphatic carbocycles. The normalized spacial score (nSPS) is 18.7. The van der Waals surface area contributed by atoms with Crippen LogP contribution in [-0.2, 0) is 0 Å². The van der Waals surface area contributed by atoms with Crippen LogP contribution in [0.5, 0.6) is 0 Å². The van der Waals surface area contributed by atoms with Gasteiger partial charge < -0.3 is 21.1 Å². The van der Waals surface area contributed by atoms with Crippen LogP contribution in [0.4, 0.5) is 21.9 Å². The van der Waals surface area contributed by atoms with E-state index in [2.05, 4.69) is 20.3 Å². The molecule has 3 rings (SSSR count). The molecule has 1 fully saturated rings. The minimum atomic E-state index is -0.652. The van der Waals surface area contributed by atoms with Gasteiger partial charge in [-0.3, -0.25) is 5.73 Å². The second kappa shape index (κ2) is 7.96. The summed E-state index contributed by atoms with van der Waals surface area (Å²) in [6.45, 7) is 2.22. The molecule has 1 aromatic rings. The van der Waals surface area contributed by atoms with Crippen molar-refractivity contribution in [2.24, 2.45) is 21.6 Å². The summed E-state index contributed by atoms with van der Waals surface area (Å²) in [4.78, 5) is 18.2. The monoisotopic (exact) mass is 358 g/mol. The van der Waals surface area contributed by atoms with Gasteiger partial charge in [-0.15, -0.1) is 4.68 Å². The molecule has 6 N–H and O–H groups in total. The molecule has 2 aliphatic heterocycles. The van der Waals surface area contributed by atoms with E-state index in [1.807, 2.05) is 18.2 Å². The molecule has 26 heavy (non-hydrogen) atoms. The van der Waals surface area contributed by atoms with Crippen molar-refractivity contribution in [2.45, 2.75) is 19.3 Å². The van der Waals surface area contributed by atoms with Gasteiger partial charge in [0.1, 0.15) is 12.8 Å². The van der Waals surface area contributed by atoms with Crippen molar-refractivity contribution in [3.05, 3.63) is 18.2 Å². The van der Waals surface area contributed by atoms with Gasteiger partial charge in [0.05, 0.1) is 18.0 Å². The predicted octanol–water partition coefficient (Wildman–Crippen LogP) is 0.601. The highest BCUT2D eigenvalue weighted by molar-refractivity contribution is 6.62. The van der Waals surface area contributed by atoms with E-state index in [0.29, 0.717) is 29.5 Å². The van der Waals surface area contributed by atoms with Crippen molar-refractivity contribution in [3.8, 4) is 0 Å². The fourth-order valence-corrected chi connectivity index (χ4v) is 3.08. The second-order valence-corrected chi connectivity index (χ2v) is 6.21. The van der Waals surface area contributed by atoms with Crippen LogP contribution in [-0.4, -0.2) is 59.8 Å². The number of amides is 2. The maximum atomic E-state index is 11.4. The number of amidine groups is 1. The molecule has 138 valence electrons. The molecule has 0 bridgehead atoms. The average Bonchev–Trinajstić information content (AvgIpc) is 2.97. The summed E-state index contributed by atoms with van der Waals surface area (Å²) in [5.74, 6) is 0.351. The molecule has 2 heterocycles. The number of nitrogens with two attached hydrogens (primary N) is 2. The first-order chi connectivity index (χ1) is 12.6. The number of anilines is 2. The first-order valence-corrected chi connectivity index (χ1v) is 8.68. The Kier molecular flexibility index (Phi) is 5.47. The number of primary amides is 1. The SMILES string of the molecule is NC(=O)Nc1cc(N2CCCCC2)ccc1N=C1C=N[N+](CCO)=C1N. The van der Waals surface area contributed by atoms with Crippen molar-refractivity contribution >= 4 is 40.9 Å². The Balaban J connectivity index is 1.92. The molecule has 9 nitrogen and oxygen atoms in total. The zero-order valence-corrected chi connectivity index (χ0v) is 14.6. The second-order valence-electron chi connectivity index (χ2n) is 6.21. The van der Waals surface area contributed by atoms with Gasteiger partial charge in [-0.1, -0.05) is 5.10 Å². The molecule has 0 radical (unpaired) electrons. The van der Waals surface area contributed by atoms with Gasteiger partial charge in [0.15, 0.2) is 5.71 Å². The predicted molar refractivity (Wildman–Crippen MR) is 103 cm³/mol. The van der Waals surface area contributed by atoms with E-state index in [1.165, 1.54) is 17.3 Å². The molecule has 0 atom stereocenters. The molecule has 0 aromatic heterocycles. The van der Waals surface area contributed by atoms with Gasteiger partial charge >= 0.3 is 11.9 Å². The third-order valence-electron chi connectivity index (χ3n) is 4.37. The molecular weight excluding hydrogens is 334 g/mol. The van der Waals surface area contributed by atoms with E-state index in [-0.39, 0.29) is 6.61 Å². The number of nitrogens with zero attached hydrogens (tertiary/aromatic N) is 4. The van der Waals surface area contributed by atoms with Crippen LogP contribution in [0.25, 0.3) is 0 Å². The number of nitrogens with one attached hydrogen (secondary N) is 1. The Morgan fingerprint density at radius 3 is 2.81 bits per heavy atom. The van der Waals surface area contributed by atoms with Gasteiger partial charge in [-0.05, 0) is 37.5 Å². The van der Waals surface area contributed by atoms with E-state index in [0.717, 1.165) is 31.6 Å². The van der Waals surface area contributed by atoms with Crippen LogP contribution in [0.3, 0.4) is 0 Å². The molecule has 2 aliphatic rings. The maximum absolute atomic E-state index is 11.4. The summed E-state index contributed by atoms with van der Waals surface area (Å²) >= 11 is 0. The van der Waals surface area contributed by atoms with E-state index < -0.39 is 6.03 Å². The van der Waals surface area contributed by atoms with Gasteiger partial charge in [-0.2, -0.15) is 0 Å². The summed E-state index contributed by atoms with van der Waals surface area (Å²) in [7, 11) is 0. The first kappa shape index (κ1) is 17.9. The minimum Gasteiger partial charge on any atom is -0.392 e. The number of rotatable bonds is 5. The van der Waals surface area contributed by atoms with Crippen molar-refractivity contribution < 1.29 is 14.6 Å². The highest BCUT2D eigenvalue weighted by Crippen LogP contribution is 2.31. The molecule has 0 spiro atoms. The molecule has 2 amide bonds. The minimum absolute atomic E-state index is 0.0651. The third kappa shape index (κ3) is 3.99. The van der Waals surface area contributed by atoms with Crippen LogP contribution >= 0.6 is 0 Å². The number of urea groups is 1. The molecule has 0 saturated carbocycles. The summed E-state index contributed by atoms with van der Waals surface area (Å²) in [6, 6.07) is 5.03. The number of piperidine rings is 1.